The standard InChI is InChI=1S/C16H23NO4/c1-5-19-15(18)10(2)20-11-6-7-12-13(17)9-16(3,4)21-14(12)8-11/h6-8,10,13H,5,9,17H2,1-4H3. The van der Waals surface area contributed by atoms with Crippen LogP contribution in [0.4, 0.5) is 0 Å². The molecule has 2 rings (SSSR count). The molecule has 1 aliphatic heterocycles. The molecule has 5 nitrogen and oxygen atoms in total. The van der Waals surface area contributed by atoms with Gasteiger partial charge in [0.1, 0.15) is 17.1 Å². The molecule has 0 saturated heterocycles. The third-order valence-electron chi connectivity index (χ3n) is 3.41. The van der Waals surface area contributed by atoms with Crippen LogP contribution < -0.4 is 15.2 Å². The van der Waals surface area contributed by atoms with E-state index in [1.807, 2.05) is 19.9 Å². The highest BCUT2D eigenvalue weighted by Gasteiger charge is 2.32. The number of rotatable bonds is 4. The predicted molar refractivity (Wildman–Crippen MR) is 79.4 cm³/mol. The van der Waals surface area contributed by atoms with Gasteiger partial charge in [-0.05, 0) is 33.8 Å². The van der Waals surface area contributed by atoms with Crippen LogP contribution in [0.1, 0.15) is 45.7 Å². The van der Waals surface area contributed by atoms with Crippen LogP contribution in [0.5, 0.6) is 11.5 Å². The third kappa shape index (κ3) is 3.67. The van der Waals surface area contributed by atoms with Crippen LogP contribution in [-0.2, 0) is 9.53 Å². The number of hydrogen-bond donors (Lipinski definition) is 1. The molecule has 1 aromatic carbocycles. The van der Waals surface area contributed by atoms with Crippen LogP contribution in [0.25, 0.3) is 0 Å². The molecule has 0 aromatic heterocycles. The zero-order valence-electron chi connectivity index (χ0n) is 13.0. The first-order valence-corrected chi connectivity index (χ1v) is 7.24. The average molecular weight is 293 g/mol. The lowest BCUT2D eigenvalue weighted by atomic mass is 9.90. The summed E-state index contributed by atoms with van der Waals surface area (Å²) in [6.45, 7) is 7.77. The Hall–Kier alpha value is -1.75. The molecule has 2 N–H and O–H groups in total. The number of carbonyl (C=O) groups excluding carboxylic acids is 1. The molecule has 0 fully saturated rings. The van der Waals surface area contributed by atoms with Crippen molar-refractivity contribution in [2.24, 2.45) is 5.73 Å². The van der Waals surface area contributed by atoms with Crippen molar-refractivity contribution in [2.75, 3.05) is 6.61 Å². The minimum Gasteiger partial charge on any atom is -0.487 e. The second-order valence-electron chi connectivity index (χ2n) is 5.88. The van der Waals surface area contributed by atoms with Gasteiger partial charge >= 0.3 is 5.97 Å². The highest BCUT2D eigenvalue weighted by atomic mass is 16.6. The molecule has 2 unspecified atom stereocenters. The quantitative estimate of drug-likeness (QED) is 0.864. The van der Waals surface area contributed by atoms with Gasteiger partial charge in [-0.25, -0.2) is 4.79 Å². The second-order valence-corrected chi connectivity index (χ2v) is 5.88. The Bertz CT molecular complexity index is 527. The first kappa shape index (κ1) is 15.6. The van der Waals surface area contributed by atoms with Gasteiger partial charge in [-0.1, -0.05) is 6.07 Å². The summed E-state index contributed by atoms with van der Waals surface area (Å²) in [5.41, 5.74) is 6.82. The van der Waals surface area contributed by atoms with Crippen molar-refractivity contribution in [3.8, 4) is 11.5 Å². The van der Waals surface area contributed by atoms with Gasteiger partial charge in [0.25, 0.3) is 0 Å². The van der Waals surface area contributed by atoms with Gasteiger partial charge in [-0.3, -0.25) is 0 Å². The fraction of sp³-hybridized carbons (Fsp3) is 0.562. The molecule has 0 amide bonds. The van der Waals surface area contributed by atoms with E-state index in [2.05, 4.69) is 0 Å². The van der Waals surface area contributed by atoms with E-state index in [0.717, 1.165) is 12.0 Å². The van der Waals surface area contributed by atoms with Crippen LogP contribution in [0.2, 0.25) is 0 Å². The molecular weight excluding hydrogens is 270 g/mol. The maximum absolute atomic E-state index is 11.6. The Balaban J connectivity index is 2.16. The zero-order valence-corrected chi connectivity index (χ0v) is 13.0. The molecule has 21 heavy (non-hydrogen) atoms. The fourth-order valence-corrected chi connectivity index (χ4v) is 2.47. The summed E-state index contributed by atoms with van der Waals surface area (Å²) in [5, 5.41) is 0. The Morgan fingerprint density at radius 3 is 2.90 bits per heavy atom. The zero-order chi connectivity index (χ0) is 15.6. The monoisotopic (exact) mass is 293 g/mol. The van der Waals surface area contributed by atoms with Crippen molar-refractivity contribution >= 4 is 5.97 Å². The van der Waals surface area contributed by atoms with Crippen molar-refractivity contribution in [3.05, 3.63) is 23.8 Å². The number of benzene rings is 1. The first-order valence-electron chi connectivity index (χ1n) is 7.24. The Kier molecular flexibility index (Phi) is 4.42. The average Bonchev–Trinajstić information content (AvgIpc) is 2.37. The van der Waals surface area contributed by atoms with Gasteiger partial charge in [-0.2, -0.15) is 0 Å². The van der Waals surface area contributed by atoms with Gasteiger partial charge in [-0.15, -0.1) is 0 Å². The largest absolute Gasteiger partial charge is 0.487 e. The summed E-state index contributed by atoms with van der Waals surface area (Å²) in [4.78, 5) is 11.6. The molecule has 0 spiro atoms. The summed E-state index contributed by atoms with van der Waals surface area (Å²) in [5.74, 6) is 0.902. The number of ether oxygens (including phenoxy) is 3. The minimum atomic E-state index is -0.659. The predicted octanol–water partition coefficient (Wildman–Crippen LogP) is 2.58. The van der Waals surface area contributed by atoms with Gasteiger partial charge in [0.2, 0.25) is 0 Å². The first-order chi connectivity index (χ1) is 9.82. The third-order valence-corrected chi connectivity index (χ3v) is 3.41. The minimum absolute atomic E-state index is 0.0553. The van der Waals surface area contributed by atoms with Gasteiger partial charge in [0.05, 0.1) is 6.61 Å². The van der Waals surface area contributed by atoms with Gasteiger partial charge in [0, 0.05) is 24.1 Å². The summed E-state index contributed by atoms with van der Waals surface area (Å²) in [6.07, 6.45) is 0.104. The van der Waals surface area contributed by atoms with Gasteiger partial charge in [0.15, 0.2) is 6.10 Å². The second kappa shape index (κ2) is 5.93. The molecule has 0 aliphatic carbocycles. The van der Waals surface area contributed by atoms with Crippen LogP contribution in [-0.4, -0.2) is 24.3 Å². The van der Waals surface area contributed by atoms with E-state index < -0.39 is 6.10 Å². The molecule has 1 aromatic rings. The molecule has 1 heterocycles. The lowest BCUT2D eigenvalue weighted by Gasteiger charge is -2.36. The Morgan fingerprint density at radius 1 is 1.52 bits per heavy atom. The topological polar surface area (TPSA) is 70.8 Å². The van der Waals surface area contributed by atoms with Crippen LogP contribution in [0.3, 0.4) is 0 Å². The van der Waals surface area contributed by atoms with Crippen LogP contribution >= 0.6 is 0 Å². The highest BCUT2D eigenvalue weighted by Crippen LogP contribution is 2.40. The van der Waals surface area contributed by atoms with Crippen molar-refractivity contribution < 1.29 is 19.0 Å². The number of carbonyl (C=O) groups is 1. The highest BCUT2D eigenvalue weighted by molar-refractivity contribution is 5.74. The van der Waals surface area contributed by atoms with Crippen molar-refractivity contribution in [2.45, 2.75) is 51.9 Å². The lowest BCUT2D eigenvalue weighted by molar-refractivity contribution is -0.150. The van der Waals surface area contributed by atoms with E-state index in [4.69, 9.17) is 19.9 Å². The van der Waals surface area contributed by atoms with E-state index in [1.54, 1.807) is 26.0 Å². The molecule has 116 valence electrons. The van der Waals surface area contributed by atoms with Crippen molar-refractivity contribution in [1.82, 2.24) is 0 Å². The van der Waals surface area contributed by atoms with E-state index in [1.165, 1.54) is 0 Å². The van der Waals surface area contributed by atoms with E-state index >= 15 is 0 Å². The van der Waals surface area contributed by atoms with E-state index in [9.17, 15) is 4.79 Å². The molecular formula is C16H23NO4. The number of fused-ring (bicyclic) bond motifs is 1. The maximum Gasteiger partial charge on any atom is 0.347 e. The van der Waals surface area contributed by atoms with E-state index in [-0.39, 0.29) is 17.6 Å². The molecule has 0 saturated carbocycles. The Morgan fingerprint density at radius 2 is 2.24 bits per heavy atom. The fourth-order valence-electron chi connectivity index (χ4n) is 2.47. The molecule has 5 heteroatoms. The van der Waals surface area contributed by atoms with Crippen molar-refractivity contribution in [3.63, 3.8) is 0 Å². The lowest BCUT2D eigenvalue weighted by Crippen LogP contribution is -2.37. The Labute approximate surface area is 125 Å². The molecule has 2 atom stereocenters. The molecule has 0 bridgehead atoms. The van der Waals surface area contributed by atoms with Crippen LogP contribution in [0, 0.1) is 0 Å². The summed E-state index contributed by atoms with van der Waals surface area (Å²) >= 11 is 0. The SMILES string of the molecule is CCOC(=O)C(C)Oc1ccc2c(c1)OC(C)(C)CC2N. The molecule has 0 radical (unpaired) electrons. The van der Waals surface area contributed by atoms with E-state index in [0.29, 0.717) is 18.1 Å². The van der Waals surface area contributed by atoms with Gasteiger partial charge < -0.3 is 19.9 Å². The maximum atomic E-state index is 11.6. The smallest absolute Gasteiger partial charge is 0.347 e. The number of esters is 1. The number of hydrogen-bond acceptors (Lipinski definition) is 5. The molecule has 1 aliphatic rings. The normalized spacial score (nSPS) is 20.9. The summed E-state index contributed by atoms with van der Waals surface area (Å²) < 4.78 is 16.5. The van der Waals surface area contributed by atoms with Crippen molar-refractivity contribution in [1.29, 1.82) is 0 Å². The number of nitrogens with two attached hydrogens (primary N) is 1. The summed E-state index contributed by atoms with van der Waals surface area (Å²) in [7, 11) is 0. The van der Waals surface area contributed by atoms with Crippen LogP contribution in [0.15, 0.2) is 18.2 Å². The summed E-state index contributed by atoms with van der Waals surface area (Å²) in [6, 6.07) is 5.42.